The van der Waals surface area contributed by atoms with Crippen molar-refractivity contribution in [2.45, 2.75) is 92.6 Å². The topological polar surface area (TPSA) is 3.24 Å². The zero-order valence-corrected chi connectivity index (χ0v) is 23.0. The van der Waals surface area contributed by atoms with Crippen molar-refractivity contribution in [3.63, 3.8) is 0 Å². The van der Waals surface area contributed by atoms with Crippen molar-refractivity contribution in [3.05, 3.63) is 71.3 Å². The van der Waals surface area contributed by atoms with Crippen LogP contribution in [0.4, 0.5) is 0 Å². The fourth-order valence-electron chi connectivity index (χ4n) is 4.78. The summed E-state index contributed by atoms with van der Waals surface area (Å²) in [5, 5.41) is 0. The third-order valence-corrected chi connectivity index (χ3v) is 21.9. The maximum atomic E-state index is 2.84. The zero-order valence-electron chi connectivity index (χ0n) is 20.1. The van der Waals surface area contributed by atoms with Crippen LogP contribution in [0.25, 0.3) is 0 Å². The van der Waals surface area contributed by atoms with Crippen molar-refractivity contribution in [1.29, 1.82) is 0 Å². The second kappa shape index (κ2) is 14.3. The minimum absolute atomic E-state index is 1.10. The molecule has 0 N–H and O–H groups in total. The number of hydrogen-bond donors (Lipinski definition) is 0. The summed E-state index contributed by atoms with van der Waals surface area (Å²) in [6.07, 6.45) is 8.42. The Balaban J connectivity index is 2.29. The predicted octanol–water partition coefficient (Wildman–Crippen LogP) is 8.39. The van der Waals surface area contributed by atoms with Gasteiger partial charge in [-0.1, -0.05) is 0 Å². The van der Waals surface area contributed by atoms with Gasteiger partial charge in [0.2, 0.25) is 0 Å². The quantitative estimate of drug-likeness (QED) is 0.216. The molecule has 0 atom stereocenters. The van der Waals surface area contributed by atoms with Crippen LogP contribution in [0, 0.1) is 6.92 Å². The SMILES string of the molecule is CCC[CH2][Sn]([CH2]CCC)([CH2]CCC)[CH2]N(Cc1ccccc1)Cc1ccccc1C. The number of unbranched alkanes of at least 4 members (excludes halogenated alkanes) is 3. The molecule has 0 aliphatic heterocycles. The number of nitrogens with zero attached hydrogens (tertiary/aromatic N) is 1. The molecule has 0 fully saturated rings. The molecule has 2 aromatic rings. The molecule has 2 heteroatoms. The first-order valence-corrected chi connectivity index (χ1v) is 20.5. The molecule has 0 saturated carbocycles. The molecule has 0 aliphatic rings. The summed E-state index contributed by atoms with van der Waals surface area (Å²) in [5.41, 5.74) is 4.41. The second-order valence-electron chi connectivity index (χ2n) is 9.37. The van der Waals surface area contributed by atoms with Crippen molar-refractivity contribution in [2.75, 3.05) is 4.56 Å². The van der Waals surface area contributed by atoms with Gasteiger partial charge in [0.05, 0.1) is 0 Å². The Morgan fingerprint density at radius 1 is 0.667 bits per heavy atom. The van der Waals surface area contributed by atoms with Crippen LogP contribution in [0.2, 0.25) is 13.3 Å². The van der Waals surface area contributed by atoms with Gasteiger partial charge in [-0.2, -0.15) is 0 Å². The van der Waals surface area contributed by atoms with Crippen LogP contribution in [0.5, 0.6) is 0 Å². The summed E-state index contributed by atoms with van der Waals surface area (Å²) in [5.74, 6) is 0. The Morgan fingerprint density at radius 3 is 1.73 bits per heavy atom. The Hall–Kier alpha value is -0.801. The average Bonchev–Trinajstić information content (AvgIpc) is 2.77. The summed E-state index contributed by atoms with van der Waals surface area (Å²) < 4.78 is 6.19. The Morgan fingerprint density at radius 2 is 1.20 bits per heavy atom. The molecule has 0 saturated heterocycles. The number of hydrogen-bond acceptors (Lipinski definition) is 1. The van der Waals surface area contributed by atoms with E-state index in [0.29, 0.717) is 0 Å². The average molecular weight is 514 g/mol. The normalized spacial score (nSPS) is 11.9. The van der Waals surface area contributed by atoms with Gasteiger partial charge in [0.1, 0.15) is 0 Å². The van der Waals surface area contributed by atoms with E-state index in [9.17, 15) is 0 Å². The van der Waals surface area contributed by atoms with Gasteiger partial charge >= 0.3 is 192 Å². The molecule has 1 nitrogen and oxygen atoms in total. The van der Waals surface area contributed by atoms with E-state index in [1.807, 2.05) is 0 Å². The van der Waals surface area contributed by atoms with Crippen LogP contribution >= 0.6 is 0 Å². The molecule has 166 valence electrons. The van der Waals surface area contributed by atoms with E-state index < -0.39 is 18.4 Å². The first-order valence-electron chi connectivity index (χ1n) is 12.4. The summed E-state index contributed by atoms with van der Waals surface area (Å²) in [6, 6.07) is 20.2. The van der Waals surface area contributed by atoms with E-state index in [4.69, 9.17) is 0 Å². The molecule has 0 spiro atoms. The molecule has 30 heavy (non-hydrogen) atoms. The first kappa shape index (κ1) is 25.5. The van der Waals surface area contributed by atoms with Crippen LogP contribution < -0.4 is 0 Å². The Bertz CT molecular complexity index is 675. The van der Waals surface area contributed by atoms with Gasteiger partial charge in [0.25, 0.3) is 0 Å². The van der Waals surface area contributed by atoms with Crippen LogP contribution in [-0.4, -0.2) is 27.8 Å². The summed E-state index contributed by atoms with van der Waals surface area (Å²) in [6.45, 7) is 11.6. The fraction of sp³-hybridized carbons (Fsp3) is 0.571. The number of aryl methyl sites for hydroxylation is 1. The van der Waals surface area contributed by atoms with Gasteiger partial charge in [-0.3, -0.25) is 0 Å². The standard InChI is InChI=1S/C16H18N.3C4H9.Sn/c1-14-8-6-7-11-16(14)13-17(2)12-15-9-4-3-5-10-15;3*1-3-4-2;/h3-11H,2,12-13H2,1H3;3*1,3-4H2,2H3;. The molecule has 0 radical (unpaired) electrons. The predicted molar refractivity (Wildman–Crippen MR) is 137 cm³/mol. The van der Waals surface area contributed by atoms with Gasteiger partial charge in [0.15, 0.2) is 0 Å². The van der Waals surface area contributed by atoms with Gasteiger partial charge < -0.3 is 0 Å². The Kier molecular flexibility index (Phi) is 12.1. The van der Waals surface area contributed by atoms with Gasteiger partial charge in [0, 0.05) is 0 Å². The van der Waals surface area contributed by atoms with Crippen molar-refractivity contribution in [1.82, 2.24) is 4.90 Å². The second-order valence-corrected chi connectivity index (χ2v) is 23.1. The van der Waals surface area contributed by atoms with Gasteiger partial charge in [-0.25, -0.2) is 0 Å². The van der Waals surface area contributed by atoms with Gasteiger partial charge in [-0.05, 0) is 0 Å². The summed E-state index contributed by atoms with van der Waals surface area (Å²) >= 11 is -2.23. The molecule has 0 amide bonds. The molecule has 0 aliphatic carbocycles. The molecule has 0 aromatic heterocycles. The van der Waals surface area contributed by atoms with Crippen molar-refractivity contribution in [2.24, 2.45) is 0 Å². The van der Waals surface area contributed by atoms with Crippen LogP contribution in [0.15, 0.2) is 54.6 Å². The number of rotatable bonds is 15. The number of benzene rings is 2. The Labute approximate surface area is 191 Å². The van der Waals surface area contributed by atoms with E-state index in [0.717, 1.165) is 13.1 Å². The molecule has 0 unspecified atom stereocenters. The van der Waals surface area contributed by atoms with Crippen molar-refractivity contribution in [3.8, 4) is 0 Å². The summed E-state index contributed by atoms with van der Waals surface area (Å²) in [7, 11) is 0. The van der Waals surface area contributed by atoms with E-state index in [-0.39, 0.29) is 0 Å². The molecule has 2 aromatic carbocycles. The third-order valence-electron chi connectivity index (χ3n) is 6.65. The first-order chi connectivity index (χ1) is 14.6. The molecular weight excluding hydrogens is 469 g/mol. The van der Waals surface area contributed by atoms with Crippen LogP contribution in [0.1, 0.15) is 76.0 Å². The van der Waals surface area contributed by atoms with Crippen molar-refractivity contribution < 1.29 is 0 Å². The fourth-order valence-corrected chi connectivity index (χ4v) is 21.1. The van der Waals surface area contributed by atoms with E-state index in [1.54, 1.807) is 13.3 Å². The maximum absolute atomic E-state index is 2.84. The molecule has 0 heterocycles. The summed E-state index contributed by atoms with van der Waals surface area (Å²) in [4.78, 5) is 2.84. The van der Waals surface area contributed by atoms with Crippen molar-refractivity contribution >= 4 is 18.4 Å². The molecule has 0 bridgehead atoms. The van der Waals surface area contributed by atoms with E-state index >= 15 is 0 Å². The molecular formula is C28H45NSn. The van der Waals surface area contributed by atoms with Crippen LogP contribution in [-0.2, 0) is 13.1 Å². The third kappa shape index (κ3) is 8.75. The van der Waals surface area contributed by atoms with Crippen LogP contribution in [0.3, 0.4) is 0 Å². The zero-order chi connectivity index (χ0) is 21.7. The van der Waals surface area contributed by atoms with E-state index in [2.05, 4.69) is 87.2 Å². The minimum atomic E-state index is -2.23. The van der Waals surface area contributed by atoms with E-state index in [1.165, 1.54) is 59.8 Å². The monoisotopic (exact) mass is 515 g/mol. The van der Waals surface area contributed by atoms with Gasteiger partial charge in [-0.15, -0.1) is 0 Å². The molecule has 2 rings (SSSR count).